The van der Waals surface area contributed by atoms with Crippen molar-refractivity contribution >= 4 is 0 Å². The van der Waals surface area contributed by atoms with Gasteiger partial charge < -0.3 is 25.0 Å². The summed E-state index contributed by atoms with van der Waals surface area (Å²) in [4.78, 5) is 0. The molecular formula is C14H19NO4. The van der Waals surface area contributed by atoms with E-state index < -0.39 is 5.60 Å². The Bertz CT molecular complexity index is 479. The van der Waals surface area contributed by atoms with E-state index in [1.165, 1.54) is 0 Å². The number of phenols is 1. The Hall–Kier alpha value is -1.30. The third-order valence-electron chi connectivity index (χ3n) is 4.09. The first kappa shape index (κ1) is 12.7. The van der Waals surface area contributed by atoms with Crippen molar-refractivity contribution in [1.82, 2.24) is 5.32 Å². The van der Waals surface area contributed by atoms with Gasteiger partial charge in [0.1, 0.15) is 23.7 Å². The van der Waals surface area contributed by atoms with Gasteiger partial charge in [0.2, 0.25) is 0 Å². The van der Waals surface area contributed by atoms with Crippen LogP contribution in [-0.4, -0.2) is 41.7 Å². The Labute approximate surface area is 112 Å². The van der Waals surface area contributed by atoms with Crippen LogP contribution in [-0.2, 0) is 4.74 Å². The lowest BCUT2D eigenvalue weighted by Gasteiger charge is -2.27. The summed E-state index contributed by atoms with van der Waals surface area (Å²) in [5.74, 6) is 0.913. The fourth-order valence-corrected chi connectivity index (χ4v) is 2.67. The first-order chi connectivity index (χ1) is 9.08. The Morgan fingerprint density at radius 1 is 1.47 bits per heavy atom. The maximum absolute atomic E-state index is 10.4. The van der Waals surface area contributed by atoms with Crippen LogP contribution in [0.1, 0.15) is 24.9 Å². The van der Waals surface area contributed by atoms with Gasteiger partial charge in [0.25, 0.3) is 0 Å². The summed E-state index contributed by atoms with van der Waals surface area (Å²) in [6, 6.07) is 5.17. The monoisotopic (exact) mass is 265 g/mol. The molecule has 0 spiro atoms. The van der Waals surface area contributed by atoms with E-state index >= 15 is 0 Å². The van der Waals surface area contributed by atoms with Gasteiger partial charge in [0, 0.05) is 31.2 Å². The van der Waals surface area contributed by atoms with Crippen LogP contribution in [0.5, 0.6) is 11.5 Å². The topological polar surface area (TPSA) is 71.0 Å². The lowest BCUT2D eigenvalue weighted by atomic mass is 9.96. The molecule has 0 radical (unpaired) electrons. The van der Waals surface area contributed by atoms with Crippen LogP contribution < -0.4 is 10.1 Å². The first-order valence-corrected chi connectivity index (χ1v) is 6.61. The van der Waals surface area contributed by atoms with E-state index in [9.17, 15) is 10.2 Å². The van der Waals surface area contributed by atoms with E-state index in [-0.39, 0.29) is 17.9 Å². The summed E-state index contributed by atoms with van der Waals surface area (Å²) in [6.07, 6.45) is 0.499. The molecule has 3 N–H and O–H groups in total. The van der Waals surface area contributed by atoms with Gasteiger partial charge >= 0.3 is 0 Å². The SMILES string of the molecule is CC1OCCC1(O)CNC1COc2cc(O)ccc21. The number of benzene rings is 1. The Kier molecular flexibility index (Phi) is 3.12. The van der Waals surface area contributed by atoms with E-state index in [1.807, 2.05) is 13.0 Å². The highest BCUT2D eigenvalue weighted by Crippen LogP contribution is 2.35. The average molecular weight is 265 g/mol. The fraction of sp³-hybridized carbons (Fsp3) is 0.571. The maximum atomic E-state index is 10.4. The number of ether oxygens (including phenoxy) is 2. The minimum atomic E-state index is -0.806. The highest BCUT2D eigenvalue weighted by molar-refractivity contribution is 5.44. The summed E-state index contributed by atoms with van der Waals surface area (Å²) in [6.45, 7) is 3.49. The summed E-state index contributed by atoms with van der Waals surface area (Å²) in [5, 5.41) is 23.2. The molecule has 19 heavy (non-hydrogen) atoms. The van der Waals surface area contributed by atoms with Crippen molar-refractivity contribution in [3.63, 3.8) is 0 Å². The Morgan fingerprint density at radius 2 is 2.32 bits per heavy atom. The maximum Gasteiger partial charge on any atom is 0.127 e. The number of aliphatic hydroxyl groups is 1. The molecule has 0 amide bonds. The molecule has 1 fully saturated rings. The second-order valence-electron chi connectivity index (χ2n) is 5.33. The summed E-state index contributed by atoms with van der Waals surface area (Å²) in [7, 11) is 0. The predicted molar refractivity (Wildman–Crippen MR) is 69.3 cm³/mol. The fourth-order valence-electron chi connectivity index (χ4n) is 2.67. The second kappa shape index (κ2) is 4.67. The highest BCUT2D eigenvalue weighted by Gasteiger charge is 2.40. The lowest BCUT2D eigenvalue weighted by molar-refractivity contribution is -0.0279. The third kappa shape index (κ3) is 2.29. The van der Waals surface area contributed by atoms with Crippen LogP contribution in [0.15, 0.2) is 18.2 Å². The van der Waals surface area contributed by atoms with Gasteiger partial charge in [-0.15, -0.1) is 0 Å². The molecule has 2 aliphatic heterocycles. The number of nitrogens with one attached hydrogen (secondary N) is 1. The zero-order valence-electron chi connectivity index (χ0n) is 10.9. The molecule has 5 nitrogen and oxygen atoms in total. The molecule has 5 heteroatoms. The summed E-state index contributed by atoms with van der Waals surface area (Å²) in [5.41, 5.74) is 0.215. The Morgan fingerprint density at radius 3 is 3.05 bits per heavy atom. The predicted octanol–water partition coefficient (Wildman–Crippen LogP) is 0.955. The minimum absolute atomic E-state index is 0.0485. The smallest absolute Gasteiger partial charge is 0.127 e. The van der Waals surface area contributed by atoms with Crippen molar-refractivity contribution in [3.05, 3.63) is 23.8 Å². The van der Waals surface area contributed by atoms with Crippen LogP contribution in [0.3, 0.4) is 0 Å². The van der Waals surface area contributed by atoms with Crippen LogP contribution in [0.4, 0.5) is 0 Å². The van der Waals surface area contributed by atoms with Crippen molar-refractivity contribution in [2.45, 2.75) is 31.1 Å². The van der Waals surface area contributed by atoms with Crippen molar-refractivity contribution in [3.8, 4) is 11.5 Å². The molecule has 104 valence electrons. The van der Waals surface area contributed by atoms with Crippen molar-refractivity contribution in [2.75, 3.05) is 19.8 Å². The molecule has 0 aromatic heterocycles. The zero-order chi connectivity index (χ0) is 13.5. The Balaban J connectivity index is 1.67. The molecule has 1 aromatic rings. The number of hydrogen-bond acceptors (Lipinski definition) is 5. The quantitative estimate of drug-likeness (QED) is 0.759. The van der Waals surface area contributed by atoms with Crippen LogP contribution in [0.2, 0.25) is 0 Å². The highest BCUT2D eigenvalue weighted by atomic mass is 16.5. The molecule has 1 saturated heterocycles. The van der Waals surface area contributed by atoms with Crippen molar-refractivity contribution in [2.24, 2.45) is 0 Å². The van der Waals surface area contributed by atoms with Gasteiger partial charge in [-0.2, -0.15) is 0 Å². The van der Waals surface area contributed by atoms with Gasteiger partial charge in [-0.05, 0) is 19.1 Å². The standard InChI is InChI=1S/C14H19NO4/c1-9-14(17,4-5-18-9)8-15-12-7-19-13-6-10(16)2-3-11(12)13/h2-3,6,9,12,15-17H,4-5,7-8H2,1H3. The second-order valence-corrected chi connectivity index (χ2v) is 5.33. The van der Waals surface area contributed by atoms with E-state index in [0.29, 0.717) is 31.9 Å². The van der Waals surface area contributed by atoms with Crippen molar-refractivity contribution in [1.29, 1.82) is 0 Å². The molecule has 0 saturated carbocycles. The molecule has 0 bridgehead atoms. The molecule has 3 atom stereocenters. The summed E-state index contributed by atoms with van der Waals surface area (Å²) >= 11 is 0. The molecule has 0 aliphatic carbocycles. The first-order valence-electron chi connectivity index (χ1n) is 6.61. The number of aromatic hydroxyl groups is 1. The van der Waals surface area contributed by atoms with Gasteiger partial charge in [0.05, 0.1) is 12.1 Å². The molecule has 1 aromatic carbocycles. The van der Waals surface area contributed by atoms with Crippen LogP contribution in [0, 0.1) is 0 Å². The van der Waals surface area contributed by atoms with Gasteiger partial charge in [0.15, 0.2) is 0 Å². The zero-order valence-corrected chi connectivity index (χ0v) is 10.9. The van der Waals surface area contributed by atoms with E-state index in [2.05, 4.69) is 5.32 Å². The molecule has 2 heterocycles. The average Bonchev–Trinajstić information content (AvgIpc) is 2.92. The number of fused-ring (bicyclic) bond motifs is 1. The number of phenolic OH excluding ortho intramolecular Hbond substituents is 1. The number of hydrogen-bond donors (Lipinski definition) is 3. The van der Waals surface area contributed by atoms with Gasteiger partial charge in [-0.25, -0.2) is 0 Å². The van der Waals surface area contributed by atoms with E-state index in [0.717, 1.165) is 5.56 Å². The van der Waals surface area contributed by atoms with E-state index in [1.54, 1.807) is 12.1 Å². The normalized spacial score (nSPS) is 33.2. The summed E-state index contributed by atoms with van der Waals surface area (Å²) < 4.78 is 10.9. The molecule has 2 aliphatic rings. The largest absolute Gasteiger partial charge is 0.508 e. The van der Waals surface area contributed by atoms with Crippen molar-refractivity contribution < 1.29 is 19.7 Å². The van der Waals surface area contributed by atoms with E-state index in [4.69, 9.17) is 9.47 Å². The third-order valence-corrected chi connectivity index (χ3v) is 4.09. The minimum Gasteiger partial charge on any atom is -0.508 e. The van der Waals surface area contributed by atoms with Gasteiger partial charge in [-0.1, -0.05) is 0 Å². The number of rotatable bonds is 3. The molecule has 3 rings (SSSR count). The lowest BCUT2D eigenvalue weighted by Crippen LogP contribution is -2.47. The molecular weight excluding hydrogens is 246 g/mol. The molecule has 3 unspecified atom stereocenters. The van der Waals surface area contributed by atoms with Gasteiger partial charge in [-0.3, -0.25) is 0 Å². The van der Waals surface area contributed by atoms with Crippen LogP contribution >= 0.6 is 0 Å². The van der Waals surface area contributed by atoms with Crippen LogP contribution in [0.25, 0.3) is 0 Å².